The summed E-state index contributed by atoms with van der Waals surface area (Å²) in [5, 5.41) is 7.71. The van der Waals surface area contributed by atoms with Crippen molar-refractivity contribution in [3.63, 3.8) is 0 Å². The highest BCUT2D eigenvalue weighted by Gasteiger charge is 2.16. The molecular formula is C22H25N3O. The summed E-state index contributed by atoms with van der Waals surface area (Å²) in [6.07, 6.45) is 0. The first-order valence-corrected chi connectivity index (χ1v) is 8.85. The van der Waals surface area contributed by atoms with E-state index in [4.69, 9.17) is 0 Å². The normalized spacial score (nSPS) is 10.8. The van der Waals surface area contributed by atoms with Crippen molar-refractivity contribution in [2.24, 2.45) is 0 Å². The molecule has 0 bridgehead atoms. The summed E-state index contributed by atoms with van der Waals surface area (Å²) in [6, 6.07) is 14.1. The van der Waals surface area contributed by atoms with Gasteiger partial charge < -0.3 is 5.32 Å². The number of rotatable bonds is 4. The predicted octanol–water partition coefficient (Wildman–Crippen LogP) is 4.34. The van der Waals surface area contributed by atoms with Crippen molar-refractivity contribution in [1.82, 2.24) is 15.1 Å². The van der Waals surface area contributed by atoms with Crippen molar-refractivity contribution >= 4 is 5.91 Å². The van der Waals surface area contributed by atoms with Crippen LogP contribution in [0.2, 0.25) is 0 Å². The minimum atomic E-state index is -0.0359. The number of nitrogens with zero attached hydrogens (tertiary/aromatic N) is 2. The number of hydrogen-bond donors (Lipinski definition) is 1. The molecule has 1 aromatic heterocycles. The van der Waals surface area contributed by atoms with Gasteiger partial charge in [-0.3, -0.25) is 4.79 Å². The highest BCUT2D eigenvalue weighted by molar-refractivity contribution is 5.97. The quantitative estimate of drug-likeness (QED) is 0.763. The van der Waals surface area contributed by atoms with E-state index in [-0.39, 0.29) is 5.91 Å². The lowest BCUT2D eigenvalue weighted by atomic mass is 9.99. The van der Waals surface area contributed by atoms with Crippen LogP contribution in [-0.4, -0.2) is 15.7 Å². The number of aromatic nitrogens is 2. The van der Waals surface area contributed by atoms with Crippen LogP contribution in [0.5, 0.6) is 0 Å². The third kappa shape index (κ3) is 3.40. The topological polar surface area (TPSA) is 46.9 Å². The molecule has 0 unspecified atom stereocenters. The largest absolute Gasteiger partial charge is 0.348 e. The molecule has 0 saturated heterocycles. The molecule has 0 spiro atoms. The highest BCUT2D eigenvalue weighted by atomic mass is 16.1. The molecule has 1 N–H and O–H groups in total. The lowest BCUT2D eigenvalue weighted by Gasteiger charge is -2.12. The van der Waals surface area contributed by atoms with Gasteiger partial charge in [0.2, 0.25) is 0 Å². The van der Waals surface area contributed by atoms with Crippen LogP contribution in [-0.2, 0) is 6.54 Å². The fraction of sp³-hybridized carbons (Fsp3) is 0.273. The zero-order valence-electron chi connectivity index (χ0n) is 16.1. The molecule has 0 saturated carbocycles. The molecule has 2 aromatic carbocycles. The summed E-state index contributed by atoms with van der Waals surface area (Å²) in [5.41, 5.74) is 8.02. The average molecular weight is 347 g/mol. The Hall–Kier alpha value is -2.88. The van der Waals surface area contributed by atoms with E-state index < -0.39 is 0 Å². The molecule has 0 fully saturated rings. The van der Waals surface area contributed by atoms with Crippen LogP contribution < -0.4 is 5.32 Å². The number of benzene rings is 2. The van der Waals surface area contributed by atoms with Crippen molar-refractivity contribution in [2.45, 2.75) is 41.2 Å². The van der Waals surface area contributed by atoms with Crippen LogP contribution in [0.25, 0.3) is 5.69 Å². The summed E-state index contributed by atoms with van der Waals surface area (Å²) in [6.45, 7) is 10.5. The molecule has 1 amide bonds. The van der Waals surface area contributed by atoms with Crippen molar-refractivity contribution in [3.8, 4) is 5.69 Å². The van der Waals surface area contributed by atoms with E-state index in [0.29, 0.717) is 6.54 Å². The second kappa shape index (κ2) is 7.16. The van der Waals surface area contributed by atoms with Crippen molar-refractivity contribution in [3.05, 3.63) is 81.7 Å². The van der Waals surface area contributed by atoms with E-state index in [2.05, 4.69) is 10.4 Å². The molecule has 1 heterocycles. The van der Waals surface area contributed by atoms with Crippen LogP contribution >= 0.6 is 0 Å². The van der Waals surface area contributed by atoms with E-state index in [1.54, 1.807) is 0 Å². The zero-order chi connectivity index (χ0) is 18.8. The minimum Gasteiger partial charge on any atom is -0.348 e. The van der Waals surface area contributed by atoms with Crippen LogP contribution in [0.4, 0.5) is 0 Å². The first-order valence-electron chi connectivity index (χ1n) is 8.85. The second-order valence-electron chi connectivity index (χ2n) is 6.85. The summed E-state index contributed by atoms with van der Waals surface area (Å²) in [5.74, 6) is -0.0359. The summed E-state index contributed by atoms with van der Waals surface area (Å²) < 4.78 is 1.93. The van der Waals surface area contributed by atoms with Gasteiger partial charge in [-0.2, -0.15) is 5.10 Å². The molecule has 134 valence electrons. The fourth-order valence-electron chi connectivity index (χ4n) is 3.55. The summed E-state index contributed by atoms with van der Waals surface area (Å²) in [4.78, 5) is 12.7. The van der Waals surface area contributed by atoms with Crippen LogP contribution in [0.3, 0.4) is 0 Å². The summed E-state index contributed by atoms with van der Waals surface area (Å²) >= 11 is 0. The van der Waals surface area contributed by atoms with Gasteiger partial charge in [0.05, 0.1) is 11.4 Å². The van der Waals surface area contributed by atoms with Crippen molar-refractivity contribution in [1.29, 1.82) is 0 Å². The van der Waals surface area contributed by atoms with Crippen LogP contribution in [0.1, 0.15) is 44.0 Å². The number of carbonyl (C=O) groups is 1. The lowest BCUT2D eigenvalue weighted by Crippen LogP contribution is -2.25. The predicted molar refractivity (Wildman–Crippen MR) is 105 cm³/mol. The Labute approximate surface area is 154 Å². The average Bonchev–Trinajstić information content (AvgIpc) is 2.87. The van der Waals surface area contributed by atoms with Crippen LogP contribution in [0, 0.1) is 34.6 Å². The maximum Gasteiger partial charge on any atom is 0.252 e. The van der Waals surface area contributed by atoms with Gasteiger partial charge in [-0.1, -0.05) is 35.9 Å². The van der Waals surface area contributed by atoms with Gasteiger partial charge in [0, 0.05) is 23.4 Å². The molecule has 0 aliphatic carbocycles. The highest BCUT2D eigenvalue weighted by Crippen LogP contribution is 2.19. The molecule has 0 radical (unpaired) electrons. The van der Waals surface area contributed by atoms with E-state index in [9.17, 15) is 4.79 Å². The van der Waals surface area contributed by atoms with Crippen molar-refractivity contribution in [2.75, 3.05) is 0 Å². The molecule has 4 heteroatoms. The Bertz CT molecular complexity index is 932. The standard InChI is InChI=1S/C22H25N3O/c1-14-11-15(2)21(16(3)12-14)22(26)23-13-20-17(4)24-25(18(20)5)19-9-7-6-8-10-19/h6-12H,13H2,1-5H3,(H,23,26). The molecule has 3 rings (SSSR count). The third-order valence-corrected chi connectivity index (χ3v) is 4.77. The smallest absolute Gasteiger partial charge is 0.252 e. The number of amides is 1. The number of hydrogen-bond acceptors (Lipinski definition) is 2. The zero-order valence-corrected chi connectivity index (χ0v) is 16.1. The molecular weight excluding hydrogens is 322 g/mol. The molecule has 26 heavy (non-hydrogen) atoms. The Morgan fingerprint density at radius 1 is 1.00 bits per heavy atom. The first-order chi connectivity index (χ1) is 12.4. The van der Waals surface area contributed by atoms with Gasteiger partial charge in [-0.05, 0) is 57.9 Å². The van der Waals surface area contributed by atoms with Crippen LogP contribution in [0.15, 0.2) is 42.5 Å². The number of para-hydroxylation sites is 1. The van der Waals surface area contributed by atoms with Crippen molar-refractivity contribution < 1.29 is 4.79 Å². The number of aryl methyl sites for hydroxylation is 4. The summed E-state index contributed by atoms with van der Waals surface area (Å²) in [7, 11) is 0. The Kier molecular flexibility index (Phi) is 4.94. The van der Waals surface area contributed by atoms with Gasteiger partial charge in [0.1, 0.15) is 0 Å². The number of carbonyl (C=O) groups excluding carboxylic acids is 1. The Morgan fingerprint density at radius 2 is 1.62 bits per heavy atom. The van der Waals surface area contributed by atoms with Gasteiger partial charge in [-0.15, -0.1) is 0 Å². The molecule has 0 aliphatic rings. The van der Waals surface area contributed by atoms with E-state index >= 15 is 0 Å². The maximum absolute atomic E-state index is 12.7. The van der Waals surface area contributed by atoms with Gasteiger partial charge >= 0.3 is 0 Å². The monoisotopic (exact) mass is 347 g/mol. The number of nitrogens with one attached hydrogen (secondary N) is 1. The Morgan fingerprint density at radius 3 is 2.23 bits per heavy atom. The fourth-order valence-corrected chi connectivity index (χ4v) is 3.55. The molecule has 0 atom stereocenters. The van der Waals surface area contributed by atoms with E-state index in [1.165, 1.54) is 5.56 Å². The van der Waals surface area contributed by atoms with E-state index in [0.717, 1.165) is 39.3 Å². The SMILES string of the molecule is Cc1cc(C)c(C(=O)NCc2c(C)nn(-c3ccccc3)c2C)c(C)c1. The van der Waals surface area contributed by atoms with E-state index in [1.807, 2.05) is 81.8 Å². The lowest BCUT2D eigenvalue weighted by molar-refractivity contribution is 0.0949. The van der Waals surface area contributed by atoms with Gasteiger partial charge in [-0.25, -0.2) is 4.68 Å². The van der Waals surface area contributed by atoms with Gasteiger partial charge in [0.25, 0.3) is 5.91 Å². The Balaban J connectivity index is 1.83. The first kappa shape index (κ1) is 17.9. The third-order valence-electron chi connectivity index (χ3n) is 4.77. The molecule has 4 nitrogen and oxygen atoms in total. The van der Waals surface area contributed by atoms with Gasteiger partial charge in [0.15, 0.2) is 0 Å². The molecule has 0 aliphatic heterocycles. The maximum atomic E-state index is 12.7. The minimum absolute atomic E-state index is 0.0359. The molecule has 3 aromatic rings. The second-order valence-corrected chi connectivity index (χ2v) is 6.85.